The molecule has 2 amide bonds. The lowest BCUT2D eigenvalue weighted by atomic mass is 10.1. The second kappa shape index (κ2) is 7.32. The molecule has 0 aliphatic carbocycles. The molecular weight excluding hydrogens is 308 g/mol. The molecule has 2 saturated heterocycles. The molecule has 3 rings (SSSR count). The average Bonchev–Trinajstić information content (AvgIpc) is 3.07. The largest absolute Gasteiger partial charge is 0.368 e. The van der Waals surface area contributed by atoms with Crippen LogP contribution in [0.4, 0.5) is 5.69 Å². The van der Waals surface area contributed by atoms with E-state index in [-0.39, 0.29) is 30.6 Å². The number of anilines is 1. The molecule has 6 nitrogen and oxygen atoms in total. The van der Waals surface area contributed by atoms with Gasteiger partial charge in [0.2, 0.25) is 5.91 Å². The highest BCUT2D eigenvalue weighted by atomic mass is 16.5. The molecule has 2 aliphatic rings. The summed E-state index contributed by atoms with van der Waals surface area (Å²) in [6.45, 7) is 5.53. The predicted octanol–water partition coefficient (Wildman–Crippen LogP) is 1.33. The minimum atomic E-state index is -0.342. The maximum atomic E-state index is 12.2. The lowest BCUT2D eigenvalue weighted by Crippen LogP contribution is -2.51. The van der Waals surface area contributed by atoms with E-state index >= 15 is 0 Å². The van der Waals surface area contributed by atoms with Crippen molar-refractivity contribution < 1.29 is 19.1 Å². The minimum Gasteiger partial charge on any atom is -0.368 e. The van der Waals surface area contributed by atoms with E-state index in [1.807, 2.05) is 26.0 Å². The van der Waals surface area contributed by atoms with Gasteiger partial charge in [0.15, 0.2) is 0 Å². The molecule has 2 fully saturated rings. The Morgan fingerprint density at radius 3 is 2.67 bits per heavy atom. The van der Waals surface area contributed by atoms with Crippen molar-refractivity contribution in [3.8, 4) is 0 Å². The molecule has 2 unspecified atom stereocenters. The minimum absolute atomic E-state index is 0.0352. The number of amides is 2. The van der Waals surface area contributed by atoms with E-state index in [9.17, 15) is 9.59 Å². The van der Waals surface area contributed by atoms with Crippen molar-refractivity contribution in [2.45, 2.75) is 38.9 Å². The molecule has 6 heteroatoms. The molecule has 0 aromatic heterocycles. The van der Waals surface area contributed by atoms with Crippen molar-refractivity contribution in [2.75, 3.05) is 31.2 Å². The Hall–Kier alpha value is -1.92. The summed E-state index contributed by atoms with van der Waals surface area (Å²) >= 11 is 0. The molecule has 1 aromatic carbocycles. The Morgan fingerprint density at radius 2 is 2.00 bits per heavy atom. The second-order valence-electron chi connectivity index (χ2n) is 6.53. The van der Waals surface area contributed by atoms with Gasteiger partial charge in [-0.25, -0.2) is 0 Å². The standard InChI is InChI=1S/C18H24N2O4/c1-12-6-13(2)8-14(7-12)20-10-15(24-11-17(20)21)9-19-18(22)16-4-3-5-23-16/h6-8,15-16H,3-5,9-11H2,1-2H3,(H,19,22). The van der Waals surface area contributed by atoms with Crippen LogP contribution in [0.2, 0.25) is 0 Å². The number of carbonyl (C=O) groups excluding carboxylic acids is 2. The van der Waals surface area contributed by atoms with Gasteiger partial charge in [0.05, 0.1) is 12.6 Å². The Bertz CT molecular complexity index is 605. The van der Waals surface area contributed by atoms with Crippen molar-refractivity contribution in [1.29, 1.82) is 0 Å². The summed E-state index contributed by atoms with van der Waals surface area (Å²) in [4.78, 5) is 26.0. The lowest BCUT2D eigenvalue weighted by Gasteiger charge is -2.33. The first kappa shape index (κ1) is 16.9. The monoisotopic (exact) mass is 332 g/mol. The van der Waals surface area contributed by atoms with Crippen molar-refractivity contribution >= 4 is 17.5 Å². The number of nitrogens with one attached hydrogen (secondary N) is 1. The second-order valence-corrected chi connectivity index (χ2v) is 6.53. The molecule has 2 atom stereocenters. The van der Waals surface area contributed by atoms with Gasteiger partial charge >= 0.3 is 0 Å². The molecule has 0 spiro atoms. The van der Waals surface area contributed by atoms with Crippen LogP contribution in [0.3, 0.4) is 0 Å². The van der Waals surface area contributed by atoms with Crippen LogP contribution >= 0.6 is 0 Å². The number of morpholine rings is 1. The number of hydrogen-bond acceptors (Lipinski definition) is 4. The SMILES string of the molecule is Cc1cc(C)cc(N2CC(CNC(=O)C3CCCO3)OCC2=O)c1. The van der Waals surface area contributed by atoms with E-state index in [1.165, 1.54) is 0 Å². The van der Waals surface area contributed by atoms with E-state index in [2.05, 4.69) is 11.4 Å². The summed E-state index contributed by atoms with van der Waals surface area (Å²) in [5.41, 5.74) is 3.12. The summed E-state index contributed by atoms with van der Waals surface area (Å²) in [5.74, 6) is -0.146. The van der Waals surface area contributed by atoms with Gasteiger partial charge in [0, 0.05) is 18.8 Å². The highest BCUT2D eigenvalue weighted by molar-refractivity contribution is 5.95. The highest BCUT2D eigenvalue weighted by Gasteiger charge is 2.29. The maximum Gasteiger partial charge on any atom is 0.253 e. The predicted molar refractivity (Wildman–Crippen MR) is 90.0 cm³/mol. The first-order chi connectivity index (χ1) is 11.5. The van der Waals surface area contributed by atoms with Crippen molar-refractivity contribution in [2.24, 2.45) is 0 Å². The lowest BCUT2D eigenvalue weighted by molar-refractivity contribution is -0.132. The molecule has 1 N–H and O–H groups in total. The topological polar surface area (TPSA) is 67.9 Å². The van der Waals surface area contributed by atoms with Gasteiger partial charge in [-0.2, -0.15) is 0 Å². The van der Waals surface area contributed by atoms with E-state index in [4.69, 9.17) is 9.47 Å². The van der Waals surface area contributed by atoms with Gasteiger partial charge in [-0.05, 0) is 49.9 Å². The molecular formula is C18H24N2O4. The summed E-state index contributed by atoms with van der Waals surface area (Å²) < 4.78 is 10.9. The Kier molecular flexibility index (Phi) is 5.16. The first-order valence-electron chi connectivity index (χ1n) is 8.42. The van der Waals surface area contributed by atoms with Gasteiger partial charge in [0.1, 0.15) is 12.7 Å². The normalized spacial score (nSPS) is 24.2. The third kappa shape index (κ3) is 3.94. The number of benzene rings is 1. The number of hydrogen-bond donors (Lipinski definition) is 1. The highest BCUT2D eigenvalue weighted by Crippen LogP contribution is 2.22. The van der Waals surface area contributed by atoms with E-state index in [0.29, 0.717) is 19.7 Å². The number of nitrogens with zero attached hydrogens (tertiary/aromatic N) is 1. The Labute approximate surface area is 142 Å². The quantitative estimate of drug-likeness (QED) is 0.903. The molecule has 2 heterocycles. The molecule has 1 aromatic rings. The number of rotatable bonds is 4. The number of carbonyl (C=O) groups is 2. The van der Waals surface area contributed by atoms with Crippen LogP contribution in [0.25, 0.3) is 0 Å². The smallest absolute Gasteiger partial charge is 0.253 e. The zero-order valence-electron chi connectivity index (χ0n) is 14.2. The fraction of sp³-hybridized carbons (Fsp3) is 0.556. The van der Waals surface area contributed by atoms with Crippen LogP contribution in [-0.2, 0) is 19.1 Å². The van der Waals surface area contributed by atoms with Gasteiger partial charge in [0.25, 0.3) is 5.91 Å². The fourth-order valence-corrected chi connectivity index (χ4v) is 3.22. The van der Waals surface area contributed by atoms with Gasteiger partial charge < -0.3 is 19.7 Å². The van der Waals surface area contributed by atoms with Crippen LogP contribution < -0.4 is 10.2 Å². The van der Waals surface area contributed by atoms with Crippen LogP contribution in [0.1, 0.15) is 24.0 Å². The van der Waals surface area contributed by atoms with Crippen molar-refractivity contribution in [3.05, 3.63) is 29.3 Å². The van der Waals surface area contributed by atoms with Gasteiger partial charge in [-0.3, -0.25) is 9.59 Å². The zero-order chi connectivity index (χ0) is 17.1. The summed E-state index contributed by atoms with van der Waals surface area (Å²) in [6.07, 6.45) is 1.14. The molecule has 0 bridgehead atoms. The third-order valence-corrected chi connectivity index (χ3v) is 4.37. The number of aryl methyl sites for hydroxylation is 2. The average molecular weight is 332 g/mol. The van der Waals surface area contributed by atoms with Crippen LogP contribution in [0.15, 0.2) is 18.2 Å². The van der Waals surface area contributed by atoms with Crippen LogP contribution in [0.5, 0.6) is 0 Å². The third-order valence-electron chi connectivity index (χ3n) is 4.37. The molecule has 24 heavy (non-hydrogen) atoms. The maximum absolute atomic E-state index is 12.2. The van der Waals surface area contributed by atoms with E-state index in [1.54, 1.807) is 4.90 Å². The Morgan fingerprint density at radius 1 is 1.25 bits per heavy atom. The summed E-state index contributed by atoms with van der Waals surface area (Å²) in [5, 5.41) is 2.88. The number of ether oxygens (including phenoxy) is 2. The molecule has 130 valence electrons. The van der Waals surface area contributed by atoms with E-state index in [0.717, 1.165) is 29.7 Å². The van der Waals surface area contributed by atoms with Gasteiger partial charge in [-0.1, -0.05) is 6.07 Å². The fourth-order valence-electron chi connectivity index (χ4n) is 3.22. The van der Waals surface area contributed by atoms with Crippen LogP contribution in [-0.4, -0.2) is 50.3 Å². The van der Waals surface area contributed by atoms with Gasteiger partial charge in [-0.15, -0.1) is 0 Å². The zero-order valence-corrected chi connectivity index (χ0v) is 14.2. The molecule has 0 saturated carbocycles. The van der Waals surface area contributed by atoms with E-state index < -0.39 is 0 Å². The van der Waals surface area contributed by atoms with Crippen molar-refractivity contribution in [1.82, 2.24) is 5.32 Å². The van der Waals surface area contributed by atoms with Crippen LogP contribution in [0, 0.1) is 13.8 Å². The summed E-state index contributed by atoms with van der Waals surface area (Å²) in [6, 6.07) is 6.07. The summed E-state index contributed by atoms with van der Waals surface area (Å²) in [7, 11) is 0. The Balaban J connectivity index is 1.60. The van der Waals surface area contributed by atoms with Crippen molar-refractivity contribution in [3.63, 3.8) is 0 Å². The molecule has 2 aliphatic heterocycles. The molecule has 0 radical (unpaired) electrons. The first-order valence-corrected chi connectivity index (χ1v) is 8.42.